The second-order valence-electron chi connectivity index (χ2n) is 7.00. The molecule has 3 aromatic rings. The monoisotopic (exact) mass is 616 g/mol. The van der Waals surface area contributed by atoms with E-state index in [4.69, 9.17) is 4.74 Å². The zero-order valence-electron chi connectivity index (χ0n) is 17.1. The number of carbonyl (C=O) groups excluding carboxylic acids is 1. The SMILES string of the molecule is C[C@H](NC(=O)/C(C#N)=C\c1cc(Br)c(OCc2ccc(Br)cc2)c(Br)c1)c1ccccc1. The van der Waals surface area contributed by atoms with Crippen molar-refractivity contribution in [3.05, 3.63) is 102 Å². The van der Waals surface area contributed by atoms with Gasteiger partial charge in [0.2, 0.25) is 0 Å². The van der Waals surface area contributed by atoms with E-state index in [2.05, 4.69) is 53.1 Å². The van der Waals surface area contributed by atoms with Gasteiger partial charge in [-0.15, -0.1) is 0 Å². The molecular weight excluding hydrogens is 600 g/mol. The van der Waals surface area contributed by atoms with Crippen molar-refractivity contribution in [3.63, 3.8) is 0 Å². The summed E-state index contributed by atoms with van der Waals surface area (Å²) in [5, 5.41) is 12.4. The zero-order chi connectivity index (χ0) is 23.1. The lowest BCUT2D eigenvalue weighted by Gasteiger charge is -2.14. The van der Waals surface area contributed by atoms with E-state index < -0.39 is 5.91 Å². The molecule has 4 nitrogen and oxygen atoms in total. The molecule has 7 heteroatoms. The Morgan fingerprint density at radius 1 is 1.06 bits per heavy atom. The number of benzene rings is 3. The van der Waals surface area contributed by atoms with Crippen LogP contribution in [0.1, 0.15) is 29.7 Å². The van der Waals surface area contributed by atoms with Crippen LogP contribution in [-0.2, 0) is 11.4 Å². The molecule has 162 valence electrons. The number of nitriles is 1. The molecule has 1 atom stereocenters. The Bertz CT molecular complexity index is 1150. The lowest BCUT2D eigenvalue weighted by molar-refractivity contribution is -0.117. The van der Waals surface area contributed by atoms with Crippen LogP contribution in [0.25, 0.3) is 6.08 Å². The minimum absolute atomic E-state index is 0.0233. The van der Waals surface area contributed by atoms with E-state index in [9.17, 15) is 10.1 Å². The molecule has 0 saturated carbocycles. The number of rotatable bonds is 7. The molecule has 0 aliphatic rings. The molecule has 0 unspecified atom stereocenters. The summed E-state index contributed by atoms with van der Waals surface area (Å²) in [6.07, 6.45) is 1.56. The van der Waals surface area contributed by atoms with E-state index in [0.29, 0.717) is 26.9 Å². The summed E-state index contributed by atoms with van der Waals surface area (Å²) < 4.78 is 8.39. The highest BCUT2D eigenvalue weighted by molar-refractivity contribution is 9.11. The van der Waals surface area contributed by atoms with Gasteiger partial charge in [0.05, 0.1) is 15.0 Å². The molecule has 1 amide bonds. The topological polar surface area (TPSA) is 62.1 Å². The van der Waals surface area contributed by atoms with Crippen molar-refractivity contribution < 1.29 is 9.53 Å². The molecule has 3 rings (SSSR count). The molecule has 0 aromatic heterocycles. The van der Waals surface area contributed by atoms with Crippen molar-refractivity contribution in [2.75, 3.05) is 0 Å². The van der Waals surface area contributed by atoms with Crippen LogP contribution < -0.4 is 10.1 Å². The summed E-state index contributed by atoms with van der Waals surface area (Å²) >= 11 is 10.5. The quantitative estimate of drug-likeness (QED) is 0.223. The fourth-order valence-corrected chi connectivity index (χ4v) is 4.67. The largest absolute Gasteiger partial charge is 0.487 e. The van der Waals surface area contributed by atoms with Gasteiger partial charge in [0, 0.05) is 4.47 Å². The Labute approximate surface area is 212 Å². The lowest BCUT2D eigenvalue weighted by atomic mass is 10.1. The maximum atomic E-state index is 12.6. The predicted molar refractivity (Wildman–Crippen MR) is 137 cm³/mol. The van der Waals surface area contributed by atoms with Crippen molar-refractivity contribution in [2.24, 2.45) is 0 Å². The van der Waals surface area contributed by atoms with Gasteiger partial charge in [-0.05, 0) is 85.8 Å². The third kappa shape index (κ3) is 6.55. The third-order valence-corrected chi connectivity index (χ3v) is 6.35. The van der Waals surface area contributed by atoms with Crippen LogP contribution in [0.15, 0.2) is 85.7 Å². The first kappa shape index (κ1) is 24.2. The Balaban J connectivity index is 1.74. The van der Waals surface area contributed by atoms with Crippen LogP contribution in [-0.4, -0.2) is 5.91 Å². The van der Waals surface area contributed by atoms with Crippen molar-refractivity contribution in [1.29, 1.82) is 5.26 Å². The van der Waals surface area contributed by atoms with Crippen molar-refractivity contribution >= 4 is 59.8 Å². The number of hydrogen-bond acceptors (Lipinski definition) is 3. The second kappa shape index (κ2) is 11.5. The van der Waals surface area contributed by atoms with Crippen LogP contribution >= 0.6 is 47.8 Å². The van der Waals surface area contributed by atoms with Gasteiger partial charge in [-0.25, -0.2) is 0 Å². The average Bonchev–Trinajstić information content (AvgIpc) is 2.78. The average molecular weight is 619 g/mol. The molecule has 0 fully saturated rings. The minimum Gasteiger partial charge on any atom is -0.487 e. The van der Waals surface area contributed by atoms with Crippen LogP contribution in [0.4, 0.5) is 0 Å². The molecule has 0 aliphatic heterocycles. The van der Waals surface area contributed by atoms with Crippen LogP contribution in [0, 0.1) is 11.3 Å². The second-order valence-corrected chi connectivity index (χ2v) is 9.63. The molecule has 0 bridgehead atoms. The molecule has 1 N–H and O–H groups in total. The molecule has 0 aliphatic carbocycles. The number of nitrogens with zero attached hydrogens (tertiary/aromatic N) is 1. The van der Waals surface area contributed by atoms with Gasteiger partial charge in [-0.3, -0.25) is 4.79 Å². The first-order chi connectivity index (χ1) is 15.4. The van der Waals surface area contributed by atoms with E-state index in [0.717, 1.165) is 15.6 Å². The summed E-state index contributed by atoms with van der Waals surface area (Å²) in [6, 6.07) is 22.9. The molecule has 0 saturated heterocycles. The normalized spacial score (nSPS) is 12.0. The van der Waals surface area contributed by atoms with E-state index >= 15 is 0 Å². The summed E-state index contributed by atoms with van der Waals surface area (Å²) in [5.41, 5.74) is 2.72. The van der Waals surface area contributed by atoms with Crippen molar-refractivity contribution in [2.45, 2.75) is 19.6 Å². The Kier molecular flexibility index (Phi) is 8.68. The molecule has 3 aromatic carbocycles. The van der Waals surface area contributed by atoms with Gasteiger partial charge in [0.25, 0.3) is 5.91 Å². The van der Waals surface area contributed by atoms with Crippen LogP contribution in [0.5, 0.6) is 5.75 Å². The first-order valence-electron chi connectivity index (χ1n) is 9.71. The van der Waals surface area contributed by atoms with Gasteiger partial charge in [0.15, 0.2) is 0 Å². The van der Waals surface area contributed by atoms with Gasteiger partial charge < -0.3 is 10.1 Å². The van der Waals surface area contributed by atoms with Crippen LogP contribution in [0.3, 0.4) is 0 Å². The highest BCUT2D eigenvalue weighted by Crippen LogP contribution is 2.36. The van der Waals surface area contributed by atoms with Gasteiger partial charge >= 0.3 is 0 Å². The fourth-order valence-electron chi connectivity index (χ4n) is 2.95. The van der Waals surface area contributed by atoms with Gasteiger partial charge in [0.1, 0.15) is 24.0 Å². The number of carbonyl (C=O) groups is 1. The Hall–Kier alpha value is -2.40. The molecule has 0 radical (unpaired) electrons. The number of halogens is 3. The number of ether oxygens (including phenoxy) is 1. The standard InChI is InChI=1S/C25H19Br3N2O2/c1-16(19-5-3-2-4-6-19)30-25(31)20(14-29)11-18-12-22(27)24(23(28)13-18)32-15-17-7-9-21(26)10-8-17/h2-13,16H,15H2,1H3,(H,30,31)/b20-11-/t16-/m0/s1. The van der Waals surface area contributed by atoms with Crippen molar-refractivity contribution in [3.8, 4) is 11.8 Å². The molecule has 0 spiro atoms. The first-order valence-corrected chi connectivity index (χ1v) is 12.1. The van der Waals surface area contributed by atoms with E-state index in [1.165, 1.54) is 0 Å². The Morgan fingerprint density at radius 2 is 1.69 bits per heavy atom. The maximum Gasteiger partial charge on any atom is 0.262 e. The van der Waals surface area contributed by atoms with Crippen molar-refractivity contribution in [1.82, 2.24) is 5.32 Å². The predicted octanol–water partition coefficient (Wildman–Crippen LogP) is 7.34. The highest BCUT2D eigenvalue weighted by atomic mass is 79.9. The summed E-state index contributed by atoms with van der Waals surface area (Å²) in [4.78, 5) is 12.6. The zero-order valence-corrected chi connectivity index (χ0v) is 21.9. The van der Waals surface area contributed by atoms with Gasteiger partial charge in [-0.1, -0.05) is 58.4 Å². The molecule has 32 heavy (non-hydrogen) atoms. The molecular formula is C25H19Br3N2O2. The van der Waals surface area contributed by atoms with Gasteiger partial charge in [-0.2, -0.15) is 5.26 Å². The summed E-state index contributed by atoms with van der Waals surface area (Å²) in [5.74, 6) is 0.220. The van der Waals surface area contributed by atoms with Crippen LogP contribution in [0.2, 0.25) is 0 Å². The third-order valence-electron chi connectivity index (χ3n) is 4.64. The minimum atomic E-state index is -0.424. The summed E-state index contributed by atoms with van der Waals surface area (Å²) in [6.45, 7) is 2.29. The Morgan fingerprint density at radius 3 is 2.28 bits per heavy atom. The maximum absolute atomic E-state index is 12.6. The summed E-state index contributed by atoms with van der Waals surface area (Å²) in [7, 11) is 0. The molecule has 0 heterocycles. The number of nitrogens with one attached hydrogen (secondary N) is 1. The highest BCUT2D eigenvalue weighted by Gasteiger charge is 2.15. The van der Waals surface area contributed by atoms with E-state index in [1.54, 1.807) is 6.08 Å². The lowest BCUT2D eigenvalue weighted by Crippen LogP contribution is -2.27. The van der Waals surface area contributed by atoms with E-state index in [-0.39, 0.29) is 11.6 Å². The number of amides is 1. The van der Waals surface area contributed by atoms with E-state index in [1.807, 2.05) is 79.7 Å². The fraction of sp³-hybridized carbons (Fsp3) is 0.120. The number of hydrogen-bond donors (Lipinski definition) is 1. The smallest absolute Gasteiger partial charge is 0.262 e.